The third-order valence-electron chi connectivity index (χ3n) is 2.70. The summed E-state index contributed by atoms with van der Waals surface area (Å²) >= 11 is 0. The Morgan fingerprint density at radius 1 is 1.39 bits per heavy atom. The fourth-order valence-corrected chi connectivity index (χ4v) is 1.64. The predicted molar refractivity (Wildman–Crippen MR) is 70.5 cm³/mol. The van der Waals surface area contributed by atoms with E-state index in [1.807, 2.05) is 37.3 Å². The first-order valence-corrected chi connectivity index (χ1v) is 6.26. The summed E-state index contributed by atoms with van der Waals surface area (Å²) in [6, 6.07) is 9.33. The summed E-state index contributed by atoms with van der Waals surface area (Å²) in [6.07, 6.45) is 0.748. The van der Waals surface area contributed by atoms with Crippen molar-refractivity contribution in [3.63, 3.8) is 0 Å². The molecule has 0 aromatic heterocycles. The molecule has 4 heteroatoms. The molecule has 0 fully saturated rings. The zero-order valence-corrected chi connectivity index (χ0v) is 11.0. The number of para-hydroxylation sites is 1. The van der Waals surface area contributed by atoms with Gasteiger partial charge in [0.2, 0.25) is 0 Å². The highest BCUT2D eigenvalue weighted by Crippen LogP contribution is 2.13. The Bertz CT molecular complexity index is 353. The predicted octanol–water partition coefficient (Wildman–Crippen LogP) is 1.68. The van der Waals surface area contributed by atoms with Crippen LogP contribution in [0, 0.1) is 0 Å². The van der Waals surface area contributed by atoms with Crippen molar-refractivity contribution in [3.05, 3.63) is 30.3 Å². The van der Waals surface area contributed by atoms with E-state index in [1.54, 1.807) is 11.9 Å². The maximum atomic E-state index is 12.1. The van der Waals surface area contributed by atoms with Crippen molar-refractivity contribution in [1.29, 1.82) is 0 Å². The lowest BCUT2D eigenvalue weighted by atomic mass is 10.2. The van der Waals surface area contributed by atoms with Crippen LogP contribution >= 0.6 is 0 Å². The molecule has 1 N–H and O–H groups in total. The largest absolute Gasteiger partial charge is 0.481 e. The molecule has 18 heavy (non-hydrogen) atoms. The molecule has 0 radical (unpaired) electrons. The van der Waals surface area contributed by atoms with Crippen LogP contribution in [0.5, 0.6) is 5.75 Å². The van der Waals surface area contributed by atoms with Crippen LogP contribution in [0.4, 0.5) is 0 Å². The number of carbonyl (C=O) groups excluding carboxylic acids is 1. The molecule has 0 spiro atoms. The van der Waals surface area contributed by atoms with E-state index < -0.39 is 6.10 Å². The second kappa shape index (κ2) is 7.71. The molecule has 0 saturated carbocycles. The molecule has 1 atom stereocenters. The van der Waals surface area contributed by atoms with Crippen LogP contribution in [0.2, 0.25) is 0 Å². The number of rotatable bonds is 7. The van der Waals surface area contributed by atoms with Crippen LogP contribution in [0.15, 0.2) is 30.3 Å². The van der Waals surface area contributed by atoms with Crippen molar-refractivity contribution < 1.29 is 14.6 Å². The van der Waals surface area contributed by atoms with E-state index >= 15 is 0 Å². The van der Waals surface area contributed by atoms with Crippen LogP contribution in [0.3, 0.4) is 0 Å². The fourth-order valence-electron chi connectivity index (χ4n) is 1.64. The van der Waals surface area contributed by atoms with Gasteiger partial charge in [-0.3, -0.25) is 4.79 Å². The number of carbonyl (C=O) groups is 1. The molecule has 1 rings (SSSR count). The summed E-state index contributed by atoms with van der Waals surface area (Å²) in [5.74, 6) is 0.656. The molecule has 1 aromatic carbocycles. The van der Waals surface area contributed by atoms with Gasteiger partial charge in [0.25, 0.3) is 5.91 Å². The Labute approximate surface area is 108 Å². The van der Waals surface area contributed by atoms with Gasteiger partial charge in [-0.1, -0.05) is 25.1 Å². The summed E-state index contributed by atoms with van der Waals surface area (Å²) in [5, 5.41) is 8.76. The molecular formula is C14H21NO3. The third kappa shape index (κ3) is 4.37. The molecule has 0 aliphatic carbocycles. The normalized spacial score (nSPS) is 11.9. The van der Waals surface area contributed by atoms with Gasteiger partial charge < -0.3 is 14.7 Å². The minimum absolute atomic E-state index is 0.0465. The van der Waals surface area contributed by atoms with Gasteiger partial charge in [-0.15, -0.1) is 0 Å². The van der Waals surface area contributed by atoms with Crippen LogP contribution in [0.1, 0.15) is 19.8 Å². The number of hydrogen-bond donors (Lipinski definition) is 1. The summed E-state index contributed by atoms with van der Waals surface area (Å²) < 4.78 is 5.67. The average molecular weight is 251 g/mol. The Balaban J connectivity index is 2.57. The minimum atomic E-state index is -0.462. The van der Waals surface area contributed by atoms with Crippen molar-refractivity contribution in [2.24, 2.45) is 0 Å². The minimum Gasteiger partial charge on any atom is -0.481 e. The molecule has 0 heterocycles. The van der Waals surface area contributed by atoms with Crippen LogP contribution in [0.25, 0.3) is 0 Å². The molecule has 100 valence electrons. The van der Waals surface area contributed by atoms with Gasteiger partial charge in [0.15, 0.2) is 6.10 Å². The first kappa shape index (κ1) is 14.5. The van der Waals surface area contributed by atoms with Crippen molar-refractivity contribution >= 4 is 5.91 Å². The highest BCUT2D eigenvalue weighted by Gasteiger charge is 2.21. The van der Waals surface area contributed by atoms with Gasteiger partial charge in [-0.05, 0) is 25.0 Å². The van der Waals surface area contributed by atoms with Crippen LogP contribution < -0.4 is 4.74 Å². The Morgan fingerprint density at radius 3 is 2.61 bits per heavy atom. The van der Waals surface area contributed by atoms with Gasteiger partial charge in [-0.2, -0.15) is 0 Å². The summed E-state index contributed by atoms with van der Waals surface area (Å²) in [5.41, 5.74) is 0. The molecule has 0 bridgehead atoms. The molecule has 1 unspecified atom stereocenters. The van der Waals surface area contributed by atoms with Gasteiger partial charge in [-0.25, -0.2) is 0 Å². The van der Waals surface area contributed by atoms with Gasteiger partial charge in [0.1, 0.15) is 5.75 Å². The van der Waals surface area contributed by atoms with E-state index in [0.29, 0.717) is 25.1 Å². The molecule has 1 amide bonds. The van der Waals surface area contributed by atoms with Gasteiger partial charge in [0, 0.05) is 20.2 Å². The zero-order chi connectivity index (χ0) is 13.4. The van der Waals surface area contributed by atoms with E-state index in [-0.39, 0.29) is 12.5 Å². The number of hydrogen-bond acceptors (Lipinski definition) is 3. The summed E-state index contributed by atoms with van der Waals surface area (Å²) in [7, 11) is 1.73. The molecular weight excluding hydrogens is 230 g/mol. The van der Waals surface area contributed by atoms with Gasteiger partial charge >= 0.3 is 0 Å². The standard InChI is InChI=1S/C14H21NO3/c1-3-13(14(17)15(2)10-7-11-16)18-12-8-5-4-6-9-12/h4-6,8-9,13,16H,3,7,10-11H2,1-2H3. The summed E-state index contributed by atoms with van der Waals surface area (Å²) in [6.45, 7) is 2.56. The van der Waals surface area contributed by atoms with Crippen molar-refractivity contribution in [3.8, 4) is 5.75 Å². The molecule has 0 saturated heterocycles. The topological polar surface area (TPSA) is 49.8 Å². The van der Waals surface area contributed by atoms with Crippen LogP contribution in [-0.2, 0) is 4.79 Å². The monoisotopic (exact) mass is 251 g/mol. The van der Waals surface area contributed by atoms with Gasteiger partial charge in [0.05, 0.1) is 0 Å². The number of aliphatic hydroxyl groups excluding tert-OH is 1. The van der Waals surface area contributed by atoms with E-state index in [4.69, 9.17) is 9.84 Å². The second-order valence-corrected chi connectivity index (χ2v) is 4.16. The maximum absolute atomic E-state index is 12.1. The number of nitrogens with zero attached hydrogens (tertiary/aromatic N) is 1. The molecule has 4 nitrogen and oxygen atoms in total. The van der Waals surface area contributed by atoms with E-state index in [1.165, 1.54) is 0 Å². The second-order valence-electron chi connectivity index (χ2n) is 4.16. The Hall–Kier alpha value is -1.55. The summed E-state index contributed by atoms with van der Waals surface area (Å²) in [4.78, 5) is 13.7. The number of likely N-dealkylation sites (N-methyl/N-ethyl adjacent to an activating group) is 1. The smallest absolute Gasteiger partial charge is 0.263 e. The van der Waals surface area contributed by atoms with Crippen molar-refractivity contribution in [1.82, 2.24) is 4.90 Å². The number of benzene rings is 1. The average Bonchev–Trinajstić information content (AvgIpc) is 2.42. The molecule has 0 aliphatic rings. The van der Waals surface area contributed by atoms with Crippen molar-refractivity contribution in [2.45, 2.75) is 25.9 Å². The highest BCUT2D eigenvalue weighted by atomic mass is 16.5. The molecule has 0 aliphatic heterocycles. The maximum Gasteiger partial charge on any atom is 0.263 e. The van der Waals surface area contributed by atoms with E-state index in [0.717, 1.165) is 0 Å². The SMILES string of the molecule is CCC(Oc1ccccc1)C(=O)N(C)CCCO. The van der Waals surface area contributed by atoms with Crippen LogP contribution in [-0.4, -0.2) is 42.2 Å². The lowest BCUT2D eigenvalue weighted by molar-refractivity contribution is -0.137. The quantitative estimate of drug-likeness (QED) is 0.802. The van der Waals surface area contributed by atoms with Crippen molar-refractivity contribution in [2.75, 3.05) is 20.2 Å². The number of ether oxygens (including phenoxy) is 1. The lowest BCUT2D eigenvalue weighted by Crippen LogP contribution is -2.40. The first-order valence-electron chi connectivity index (χ1n) is 6.26. The van der Waals surface area contributed by atoms with E-state index in [2.05, 4.69) is 0 Å². The zero-order valence-electron chi connectivity index (χ0n) is 11.0. The van der Waals surface area contributed by atoms with E-state index in [9.17, 15) is 4.79 Å². The fraction of sp³-hybridized carbons (Fsp3) is 0.500. The molecule has 1 aromatic rings. The lowest BCUT2D eigenvalue weighted by Gasteiger charge is -2.23. The number of amides is 1. The first-order chi connectivity index (χ1) is 8.69. The Morgan fingerprint density at radius 2 is 2.06 bits per heavy atom. The third-order valence-corrected chi connectivity index (χ3v) is 2.70. The highest BCUT2D eigenvalue weighted by molar-refractivity contribution is 5.81. The number of aliphatic hydroxyl groups is 1. The Kier molecular flexibility index (Phi) is 6.22.